The molecule has 10 nitrogen and oxygen atoms in total. The van der Waals surface area contributed by atoms with Gasteiger partial charge in [0.1, 0.15) is 5.70 Å². The van der Waals surface area contributed by atoms with Crippen LogP contribution in [0, 0.1) is 0 Å². The summed E-state index contributed by atoms with van der Waals surface area (Å²) in [7, 11) is 0. The van der Waals surface area contributed by atoms with E-state index in [1.165, 1.54) is 17.4 Å². The van der Waals surface area contributed by atoms with E-state index < -0.39 is 18.0 Å². The summed E-state index contributed by atoms with van der Waals surface area (Å²) in [5, 5.41) is 20.7. The molecule has 1 aliphatic heterocycles. The maximum absolute atomic E-state index is 12.1. The maximum Gasteiger partial charge on any atom is 0.326 e. The van der Waals surface area contributed by atoms with Crippen LogP contribution < -0.4 is 16.0 Å². The van der Waals surface area contributed by atoms with Gasteiger partial charge in [0.25, 0.3) is 11.8 Å². The van der Waals surface area contributed by atoms with E-state index >= 15 is 0 Å². The number of amides is 4. The number of nitrogens with zero attached hydrogens (tertiary/aromatic N) is 3. The van der Waals surface area contributed by atoms with E-state index in [1.807, 2.05) is 0 Å². The molecule has 4 rings (SSSR count). The lowest BCUT2D eigenvalue weighted by Crippen LogP contribution is -2.29. The normalized spacial score (nSPS) is 16.1. The van der Waals surface area contributed by atoms with Gasteiger partial charge in [-0.25, -0.2) is 14.3 Å². The Balaban J connectivity index is 1.63. The average molecular weight is 412 g/mol. The van der Waals surface area contributed by atoms with E-state index in [1.54, 1.807) is 42.0 Å². The van der Waals surface area contributed by atoms with Crippen LogP contribution in [-0.2, 0) is 4.79 Å². The lowest BCUT2D eigenvalue weighted by molar-refractivity contribution is -0.115. The molecule has 4 N–H and O–H groups in total. The minimum absolute atomic E-state index is 0.116. The summed E-state index contributed by atoms with van der Waals surface area (Å²) in [4.78, 5) is 41.0. The predicted molar refractivity (Wildman–Crippen MR) is 105 cm³/mol. The largest absolute Gasteiger partial charge is 0.392 e. The number of imide groups is 1. The number of nitrogens with one attached hydrogen (secondary N) is 3. The average Bonchev–Trinajstić information content (AvgIpc) is 3.39. The van der Waals surface area contributed by atoms with Crippen LogP contribution in [0.4, 0.5) is 4.79 Å². The molecule has 148 valence electrons. The Hall–Kier alpha value is -3.57. The standard InChI is InChI=1S/C18H16N6O4S/c1-9(25)7-19-17(27)14-3-2-13(29-14)11-4-5-24-15(21-11)10(8-20-24)6-12-16(26)23-18(28)22-12/h2-6,8-9,25H,7H2,1H3,(H,19,27)(H2,22,23,26,28)/b12-6-. The third-order valence-corrected chi connectivity index (χ3v) is 5.16. The summed E-state index contributed by atoms with van der Waals surface area (Å²) in [5.41, 5.74) is 1.81. The molecular weight excluding hydrogens is 396 g/mol. The summed E-state index contributed by atoms with van der Waals surface area (Å²) in [6.07, 6.45) is 4.14. The topological polar surface area (TPSA) is 138 Å². The van der Waals surface area contributed by atoms with Gasteiger partial charge in [-0.3, -0.25) is 14.9 Å². The molecule has 4 heterocycles. The summed E-state index contributed by atoms with van der Waals surface area (Å²) in [5.74, 6) is -0.780. The van der Waals surface area contributed by atoms with Crippen LogP contribution in [0.15, 0.2) is 36.3 Å². The van der Waals surface area contributed by atoms with Gasteiger partial charge in [-0.2, -0.15) is 5.10 Å². The number of hydrogen-bond donors (Lipinski definition) is 4. The molecule has 0 radical (unpaired) electrons. The number of fused-ring (bicyclic) bond motifs is 1. The Kier molecular flexibility index (Phi) is 4.82. The number of aliphatic hydroxyl groups is 1. The second-order valence-electron chi connectivity index (χ2n) is 6.37. The van der Waals surface area contributed by atoms with Crippen LogP contribution in [0.25, 0.3) is 22.3 Å². The molecular formula is C18H16N6O4S. The van der Waals surface area contributed by atoms with Crippen molar-refractivity contribution in [2.45, 2.75) is 13.0 Å². The summed E-state index contributed by atoms with van der Waals surface area (Å²) >= 11 is 1.27. The first-order valence-electron chi connectivity index (χ1n) is 8.65. The van der Waals surface area contributed by atoms with Gasteiger partial charge in [-0.1, -0.05) is 0 Å². The molecule has 0 aromatic carbocycles. The van der Waals surface area contributed by atoms with Gasteiger partial charge < -0.3 is 15.7 Å². The number of aliphatic hydroxyl groups excluding tert-OH is 1. The summed E-state index contributed by atoms with van der Waals surface area (Å²) in [6.45, 7) is 1.77. The molecule has 1 aliphatic rings. The molecule has 3 aromatic heterocycles. The van der Waals surface area contributed by atoms with Gasteiger partial charge >= 0.3 is 6.03 Å². The monoisotopic (exact) mass is 412 g/mol. The van der Waals surface area contributed by atoms with Crippen molar-refractivity contribution < 1.29 is 19.5 Å². The zero-order valence-electron chi connectivity index (χ0n) is 15.2. The van der Waals surface area contributed by atoms with Gasteiger partial charge in [-0.15, -0.1) is 11.3 Å². The Morgan fingerprint density at radius 2 is 2.17 bits per heavy atom. The highest BCUT2D eigenvalue weighted by Crippen LogP contribution is 2.27. The molecule has 0 spiro atoms. The number of urea groups is 1. The Bertz CT molecular complexity index is 1160. The fourth-order valence-electron chi connectivity index (χ4n) is 2.69. The molecule has 3 aromatic rings. The quantitative estimate of drug-likeness (QED) is 0.360. The summed E-state index contributed by atoms with van der Waals surface area (Å²) < 4.78 is 1.55. The number of thiophene rings is 1. The number of hydrogen-bond acceptors (Lipinski definition) is 7. The number of carbonyl (C=O) groups is 3. The molecule has 11 heteroatoms. The Labute approximate surface area is 168 Å². The van der Waals surface area contributed by atoms with Crippen molar-refractivity contribution in [2.75, 3.05) is 6.54 Å². The zero-order valence-corrected chi connectivity index (χ0v) is 16.0. The van der Waals surface area contributed by atoms with E-state index in [2.05, 4.69) is 26.0 Å². The molecule has 0 aliphatic carbocycles. The highest BCUT2D eigenvalue weighted by Gasteiger charge is 2.23. The van der Waals surface area contributed by atoms with Crippen molar-refractivity contribution in [3.63, 3.8) is 0 Å². The minimum atomic E-state index is -0.622. The van der Waals surface area contributed by atoms with Gasteiger partial charge in [-0.05, 0) is 31.2 Å². The molecule has 0 saturated carbocycles. The van der Waals surface area contributed by atoms with Crippen molar-refractivity contribution in [3.05, 3.63) is 46.7 Å². The van der Waals surface area contributed by atoms with Crippen molar-refractivity contribution in [1.29, 1.82) is 0 Å². The van der Waals surface area contributed by atoms with E-state index in [-0.39, 0.29) is 18.1 Å². The zero-order chi connectivity index (χ0) is 20.5. The minimum Gasteiger partial charge on any atom is -0.392 e. The molecule has 0 bridgehead atoms. The number of rotatable bonds is 5. The highest BCUT2D eigenvalue weighted by atomic mass is 32.1. The molecule has 1 unspecified atom stereocenters. The van der Waals surface area contributed by atoms with Crippen molar-refractivity contribution in [2.24, 2.45) is 0 Å². The Morgan fingerprint density at radius 1 is 1.34 bits per heavy atom. The maximum atomic E-state index is 12.1. The van der Waals surface area contributed by atoms with Crippen LogP contribution in [-0.4, -0.2) is 50.2 Å². The van der Waals surface area contributed by atoms with Gasteiger partial charge in [0.05, 0.1) is 27.7 Å². The highest BCUT2D eigenvalue weighted by molar-refractivity contribution is 7.17. The van der Waals surface area contributed by atoms with Gasteiger partial charge in [0.2, 0.25) is 0 Å². The predicted octanol–water partition coefficient (Wildman–Crippen LogP) is 0.749. The number of carbonyl (C=O) groups excluding carboxylic acids is 3. The third-order valence-electron chi connectivity index (χ3n) is 4.06. The number of aromatic nitrogens is 3. The first kappa shape index (κ1) is 18.8. The van der Waals surface area contributed by atoms with Crippen LogP contribution in [0.1, 0.15) is 22.2 Å². The van der Waals surface area contributed by atoms with Crippen molar-refractivity contribution in [3.8, 4) is 10.6 Å². The lowest BCUT2D eigenvalue weighted by Gasteiger charge is -2.05. The molecule has 1 atom stereocenters. The first-order valence-corrected chi connectivity index (χ1v) is 9.47. The summed E-state index contributed by atoms with van der Waals surface area (Å²) in [6, 6.07) is 4.68. The molecule has 1 saturated heterocycles. The second kappa shape index (κ2) is 7.45. The van der Waals surface area contributed by atoms with Crippen LogP contribution in [0.3, 0.4) is 0 Å². The molecule has 4 amide bonds. The van der Waals surface area contributed by atoms with E-state index in [9.17, 15) is 19.5 Å². The van der Waals surface area contributed by atoms with Gasteiger partial charge in [0, 0.05) is 18.3 Å². The van der Waals surface area contributed by atoms with E-state index in [0.29, 0.717) is 21.8 Å². The SMILES string of the molecule is CC(O)CNC(=O)c1ccc(-c2ccn3ncc(/C=C4\NC(=O)NC4=O)c3n2)s1. The van der Waals surface area contributed by atoms with E-state index in [0.717, 1.165) is 4.88 Å². The van der Waals surface area contributed by atoms with Gasteiger partial charge in [0.15, 0.2) is 5.65 Å². The fourth-order valence-corrected chi connectivity index (χ4v) is 3.58. The fraction of sp³-hybridized carbons (Fsp3) is 0.167. The van der Waals surface area contributed by atoms with Crippen molar-refractivity contribution >= 4 is 40.9 Å². The van der Waals surface area contributed by atoms with Crippen LogP contribution in [0.5, 0.6) is 0 Å². The van der Waals surface area contributed by atoms with E-state index in [4.69, 9.17) is 0 Å². The molecule has 1 fully saturated rings. The second-order valence-corrected chi connectivity index (χ2v) is 7.45. The smallest absolute Gasteiger partial charge is 0.326 e. The van der Waals surface area contributed by atoms with Crippen LogP contribution in [0.2, 0.25) is 0 Å². The molecule has 29 heavy (non-hydrogen) atoms. The van der Waals surface area contributed by atoms with Crippen LogP contribution >= 0.6 is 11.3 Å². The Morgan fingerprint density at radius 3 is 2.90 bits per heavy atom. The first-order chi connectivity index (χ1) is 13.9. The van der Waals surface area contributed by atoms with Crippen molar-refractivity contribution in [1.82, 2.24) is 30.5 Å². The third kappa shape index (κ3) is 3.86. The lowest BCUT2D eigenvalue weighted by atomic mass is 10.2.